The number of nitriles is 1. The van der Waals surface area contributed by atoms with Crippen molar-refractivity contribution in [3.05, 3.63) is 45.8 Å². The SMILES string of the molecule is CC1(C)SC[C@@](C)(c2sc(-c3nnc(-c4ccc(C#N)cc4)o3)cc2Cl)NC1=N. The number of rotatable bonds is 3. The zero-order chi connectivity index (χ0) is 20.8. The van der Waals surface area contributed by atoms with Crippen LogP contribution in [0.1, 0.15) is 31.2 Å². The topological polar surface area (TPSA) is 98.6 Å². The Morgan fingerprint density at radius 2 is 1.90 bits per heavy atom. The van der Waals surface area contributed by atoms with Crippen LogP contribution in [0.2, 0.25) is 5.02 Å². The van der Waals surface area contributed by atoms with E-state index in [0.717, 1.165) is 21.1 Å². The molecule has 1 aromatic carbocycles. The molecule has 4 rings (SSSR count). The van der Waals surface area contributed by atoms with Crippen molar-refractivity contribution in [2.45, 2.75) is 31.1 Å². The van der Waals surface area contributed by atoms with Crippen LogP contribution in [0.15, 0.2) is 34.7 Å². The van der Waals surface area contributed by atoms with E-state index in [0.29, 0.717) is 28.2 Å². The zero-order valence-electron chi connectivity index (χ0n) is 16.0. The number of halogens is 1. The third kappa shape index (κ3) is 3.66. The predicted molar refractivity (Wildman–Crippen MR) is 118 cm³/mol. The second-order valence-electron chi connectivity index (χ2n) is 7.52. The molecule has 2 aromatic heterocycles. The van der Waals surface area contributed by atoms with Crippen LogP contribution in [0, 0.1) is 16.7 Å². The first-order valence-electron chi connectivity index (χ1n) is 8.87. The summed E-state index contributed by atoms with van der Waals surface area (Å²) >= 11 is 9.79. The van der Waals surface area contributed by atoms with Gasteiger partial charge in [0.05, 0.1) is 31.8 Å². The number of amidine groups is 1. The van der Waals surface area contributed by atoms with E-state index >= 15 is 0 Å². The summed E-state index contributed by atoms with van der Waals surface area (Å²) in [6.45, 7) is 6.13. The van der Waals surface area contributed by atoms with E-state index in [1.165, 1.54) is 11.3 Å². The van der Waals surface area contributed by atoms with Crippen LogP contribution in [0.3, 0.4) is 0 Å². The maximum absolute atomic E-state index is 8.92. The molecule has 6 nitrogen and oxygen atoms in total. The molecule has 3 heterocycles. The van der Waals surface area contributed by atoms with Gasteiger partial charge in [0.25, 0.3) is 5.89 Å². The molecule has 148 valence electrons. The van der Waals surface area contributed by atoms with Gasteiger partial charge in [0.2, 0.25) is 5.89 Å². The van der Waals surface area contributed by atoms with Gasteiger partial charge in [-0.1, -0.05) is 11.6 Å². The summed E-state index contributed by atoms with van der Waals surface area (Å²) in [6, 6.07) is 10.9. The van der Waals surface area contributed by atoms with Crippen LogP contribution in [0.4, 0.5) is 0 Å². The minimum Gasteiger partial charge on any atom is -0.415 e. The molecular weight excluding hydrogens is 426 g/mol. The summed E-state index contributed by atoms with van der Waals surface area (Å²) in [5, 5.41) is 29.5. The smallest absolute Gasteiger partial charge is 0.258 e. The van der Waals surface area contributed by atoms with Crippen LogP contribution in [0.5, 0.6) is 0 Å². The molecule has 2 N–H and O–H groups in total. The molecule has 0 aliphatic carbocycles. The second-order valence-corrected chi connectivity index (χ2v) is 10.6. The Morgan fingerprint density at radius 3 is 2.55 bits per heavy atom. The summed E-state index contributed by atoms with van der Waals surface area (Å²) in [5.74, 6) is 2.06. The normalized spacial score (nSPS) is 20.9. The quantitative estimate of drug-likeness (QED) is 0.570. The van der Waals surface area contributed by atoms with Gasteiger partial charge in [-0.05, 0) is 51.1 Å². The molecule has 1 saturated heterocycles. The van der Waals surface area contributed by atoms with Crippen LogP contribution in [-0.4, -0.2) is 26.5 Å². The number of thioether (sulfide) groups is 1. The van der Waals surface area contributed by atoms with Crippen molar-refractivity contribution in [1.82, 2.24) is 15.5 Å². The molecular formula is C20H18ClN5OS2. The minimum atomic E-state index is -0.437. The average Bonchev–Trinajstić information content (AvgIpc) is 3.33. The molecule has 0 saturated carbocycles. The zero-order valence-corrected chi connectivity index (χ0v) is 18.4. The molecule has 29 heavy (non-hydrogen) atoms. The van der Waals surface area contributed by atoms with E-state index in [9.17, 15) is 0 Å². The van der Waals surface area contributed by atoms with E-state index in [-0.39, 0.29) is 4.75 Å². The molecule has 0 spiro atoms. The summed E-state index contributed by atoms with van der Waals surface area (Å²) in [5.41, 5.74) is 0.884. The van der Waals surface area contributed by atoms with Crippen molar-refractivity contribution in [1.29, 1.82) is 10.7 Å². The van der Waals surface area contributed by atoms with Crippen molar-refractivity contribution in [2.24, 2.45) is 0 Å². The molecule has 0 unspecified atom stereocenters. The number of hydrogen-bond acceptors (Lipinski definition) is 7. The first kappa shape index (κ1) is 20.0. The minimum absolute atomic E-state index is 0.242. The highest BCUT2D eigenvalue weighted by atomic mass is 35.5. The average molecular weight is 444 g/mol. The molecule has 1 atom stereocenters. The van der Waals surface area contributed by atoms with Crippen LogP contribution >= 0.6 is 34.7 Å². The van der Waals surface area contributed by atoms with Crippen LogP contribution in [0.25, 0.3) is 22.2 Å². The third-order valence-corrected chi connectivity index (χ3v) is 8.25. The van der Waals surface area contributed by atoms with E-state index in [1.54, 1.807) is 36.0 Å². The summed E-state index contributed by atoms with van der Waals surface area (Å²) < 4.78 is 5.61. The molecule has 1 aliphatic heterocycles. The predicted octanol–water partition coefficient (Wildman–Crippen LogP) is 5.30. The Labute approximate surface area is 181 Å². The van der Waals surface area contributed by atoms with Gasteiger partial charge in [0.1, 0.15) is 5.84 Å². The Balaban J connectivity index is 1.63. The number of thiophene rings is 1. The number of hydrogen-bond donors (Lipinski definition) is 2. The van der Waals surface area contributed by atoms with Gasteiger partial charge in [0.15, 0.2) is 0 Å². The highest BCUT2D eigenvalue weighted by Gasteiger charge is 2.42. The largest absolute Gasteiger partial charge is 0.415 e. The number of nitrogens with zero attached hydrogens (tertiary/aromatic N) is 3. The third-order valence-electron chi connectivity index (χ3n) is 4.81. The number of benzene rings is 1. The molecule has 1 fully saturated rings. The molecule has 0 amide bonds. The fraction of sp³-hybridized carbons (Fsp3) is 0.300. The lowest BCUT2D eigenvalue weighted by atomic mass is 10.00. The number of aromatic nitrogens is 2. The van der Waals surface area contributed by atoms with Gasteiger partial charge in [-0.3, -0.25) is 5.41 Å². The van der Waals surface area contributed by atoms with E-state index in [2.05, 4.69) is 28.5 Å². The van der Waals surface area contributed by atoms with Crippen molar-refractivity contribution in [3.8, 4) is 28.3 Å². The van der Waals surface area contributed by atoms with Crippen LogP contribution in [-0.2, 0) is 5.54 Å². The van der Waals surface area contributed by atoms with Crippen molar-refractivity contribution in [2.75, 3.05) is 5.75 Å². The standard InChI is InChI=1S/C20H18ClN5OS2/c1-19(2)18(23)24-20(3,10-28-19)15-13(21)8-14(29-15)17-26-25-16(27-17)12-6-4-11(9-22)5-7-12/h4-8H,10H2,1-3H3,(H2,23,24)/t20-/m0/s1. The van der Waals surface area contributed by atoms with Crippen LogP contribution < -0.4 is 5.32 Å². The molecule has 0 bridgehead atoms. The van der Waals surface area contributed by atoms with E-state index < -0.39 is 5.54 Å². The van der Waals surface area contributed by atoms with E-state index in [4.69, 9.17) is 26.7 Å². The Kier molecular flexibility index (Phi) is 4.93. The molecule has 1 aliphatic rings. The fourth-order valence-electron chi connectivity index (χ4n) is 2.96. The second kappa shape index (κ2) is 7.17. The van der Waals surface area contributed by atoms with Gasteiger partial charge < -0.3 is 9.73 Å². The Bertz CT molecular complexity index is 1130. The van der Waals surface area contributed by atoms with Crippen molar-refractivity contribution >= 4 is 40.5 Å². The van der Waals surface area contributed by atoms with Gasteiger partial charge >= 0.3 is 0 Å². The summed E-state index contributed by atoms with van der Waals surface area (Å²) in [7, 11) is 0. The first-order chi connectivity index (χ1) is 13.7. The van der Waals surface area contributed by atoms with Gasteiger partial charge in [-0.15, -0.1) is 33.3 Å². The fourth-order valence-corrected chi connectivity index (χ4v) is 5.68. The van der Waals surface area contributed by atoms with E-state index in [1.807, 2.05) is 19.9 Å². The molecule has 0 radical (unpaired) electrons. The van der Waals surface area contributed by atoms with Gasteiger partial charge in [0, 0.05) is 16.2 Å². The van der Waals surface area contributed by atoms with Gasteiger partial charge in [-0.25, -0.2) is 0 Å². The monoisotopic (exact) mass is 443 g/mol. The lowest BCUT2D eigenvalue weighted by Crippen LogP contribution is -2.56. The Morgan fingerprint density at radius 1 is 1.21 bits per heavy atom. The molecule has 9 heteroatoms. The number of nitrogens with one attached hydrogen (secondary N) is 2. The maximum Gasteiger partial charge on any atom is 0.258 e. The summed E-state index contributed by atoms with van der Waals surface area (Å²) in [6.07, 6.45) is 0. The van der Waals surface area contributed by atoms with Crippen molar-refractivity contribution in [3.63, 3.8) is 0 Å². The first-order valence-corrected chi connectivity index (χ1v) is 11.1. The highest BCUT2D eigenvalue weighted by molar-refractivity contribution is 8.01. The van der Waals surface area contributed by atoms with Gasteiger partial charge in [-0.2, -0.15) is 5.26 Å². The van der Waals surface area contributed by atoms with Crippen molar-refractivity contribution < 1.29 is 4.42 Å². The lowest BCUT2D eigenvalue weighted by Gasteiger charge is -2.42. The highest BCUT2D eigenvalue weighted by Crippen LogP contribution is 2.45. The Hall–Kier alpha value is -2.34. The summed E-state index contributed by atoms with van der Waals surface area (Å²) in [4.78, 5) is 1.72. The molecule has 3 aromatic rings. The lowest BCUT2D eigenvalue weighted by molar-refractivity contribution is 0.483. The maximum atomic E-state index is 8.92.